The molecular weight excluding hydrogens is 336 g/mol. The molecule has 0 atom stereocenters. The van der Waals surface area contributed by atoms with Crippen LogP contribution in [0.2, 0.25) is 0 Å². The quantitative estimate of drug-likeness (QED) is 0.767. The molecule has 0 fully saturated rings. The largest absolute Gasteiger partial charge is 0.443 e. The molecular formula is C18H14N4O4. The minimum Gasteiger partial charge on any atom is -0.443 e. The van der Waals surface area contributed by atoms with Gasteiger partial charge < -0.3 is 19.0 Å². The molecule has 1 amide bonds. The van der Waals surface area contributed by atoms with Crippen LogP contribution in [0.3, 0.4) is 0 Å². The molecule has 2 aromatic heterocycles. The van der Waals surface area contributed by atoms with Crippen LogP contribution >= 0.6 is 0 Å². The summed E-state index contributed by atoms with van der Waals surface area (Å²) >= 11 is 0. The highest BCUT2D eigenvalue weighted by Crippen LogP contribution is 2.24. The Kier molecular flexibility index (Phi) is 4.21. The van der Waals surface area contributed by atoms with Crippen LogP contribution in [-0.4, -0.2) is 22.7 Å². The lowest BCUT2D eigenvalue weighted by Gasteiger charge is -2.10. The van der Waals surface area contributed by atoms with E-state index in [0.717, 1.165) is 11.3 Å². The van der Waals surface area contributed by atoms with E-state index in [9.17, 15) is 4.79 Å². The molecule has 8 nitrogen and oxygen atoms in total. The van der Waals surface area contributed by atoms with E-state index in [1.54, 1.807) is 24.3 Å². The summed E-state index contributed by atoms with van der Waals surface area (Å²) in [6.07, 6.45) is 1.90. The zero-order valence-corrected chi connectivity index (χ0v) is 13.7. The lowest BCUT2D eigenvalue weighted by Crippen LogP contribution is -2.24. The Morgan fingerprint density at radius 3 is 2.96 bits per heavy atom. The van der Waals surface area contributed by atoms with Crippen molar-refractivity contribution in [2.45, 2.75) is 19.6 Å². The number of rotatable bonds is 4. The SMILES string of the molecule is N#Cc1ccc(-c2ocnc2C(=O)NCc2noc3c2COCC3)cc1. The zero-order chi connectivity index (χ0) is 17.9. The van der Waals surface area contributed by atoms with E-state index < -0.39 is 0 Å². The molecule has 1 aliphatic rings. The highest BCUT2D eigenvalue weighted by atomic mass is 16.5. The second-order valence-electron chi connectivity index (χ2n) is 5.74. The van der Waals surface area contributed by atoms with Gasteiger partial charge in [0.2, 0.25) is 0 Å². The van der Waals surface area contributed by atoms with Crippen molar-refractivity contribution in [3.63, 3.8) is 0 Å². The molecule has 0 unspecified atom stereocenters. The minimum atomic E-state index is -0.383. The number of benzene rings is 1. The highest BCUT2D eigenvalue weighted by molar-refractivity contribution is 5.97. The number of ether oxygens (including phenoxy) is 1. The fraction of sp³-hybridized carbons (Fsp3) is 0.222. The molecule has 8 heteroatoms. The Labute approximate surface area is 148 Å². The van der Waals surface area contributed by atoms with Crippen molar-refractivity contribution in [2.75, 3.05) is 6.61 Å². The highest BCUT2D eigenvalue weighted by Gasteiger charge is 2.22. The van der Waals surface area contributed by atoms with Crippen LogP contribution in [0.1, 0.15) is 33.1 Å². The van der Waals surface area contributed by atoms with E-state index >= 15 is 0 Å². The van der Waals surface area contributed by atoms with Gasteiger partial charge in [-0.05, 0) is 24.3 Å². The molecule has 0 saturated carbocycles. The average Bonchev–Trinajstić information content (AvgIpc) is 3.33. The predicted molar refractivity (Wildman–Crippen MR) is 87.7 cm³/mol. The molecule has 1 N–H and O–H groups in total. The molecule has 3 heterocycles. The zero-order valence-electron chi connectivity index (χ0n) is 13.7. The molecule has 0 bridgehead atoms. The van der Waals surface area contributed by atoms with Crippen molar-refractivity contribution >= 4 is 5.91 Å². The average molecular weight is 350 g/mol. The Hall–Kier alpha value is -3.44. The first-order valence-corrected chi connectivity index (χ1v) is 8.02. The van der Waals surface area contributed by atoms with Crippen molar-refractivity contribution in [1.29, 1.82) is 5.26 Å². The number of amides is 1. The molecule has 4 rings (SSSR count). The summed E-state index contributed by atoms with van der Waals surface area (Å²) in [6, 6.07) is 8.77. The molecule has 0 saturated heterocycles. The topological polar surface area (TPSA) is 114 Å². The molecule has 3 aromatic rings. The van der Waals surface area contributed by atoms with Crippen LogP contribution in [0, 0.1) is 11.3 Å². The van der Waals surface area contributed by atoms with Gasteiger partial charge in [-0.3, -0.25) is 4.79 Å². The molecule has 1 aromatic carbocycles. The van der Waals surface area contributed by atoms with Crippen LogP contribution < -0.4 is 5.32 Å². The smallest absolute Gasteiger partial charge is 0.274 e. The van der Waals surface area contributed by atoms with Crippen molar-refractivity contribution < 1.29 is 18.5 Å². The number of fused-ring (bicyclic) bond motifs is 1. The van der Waals surface area contributed by atoms with E-state index in [1.165, 1.54) is 6.39 Å². The lowest BCUT2D eigenvalue weighted by atomic mass is 10.1. The van der Waals surface area contributed by atoms with E-state index in [1.807, 2.05) is 6.07 Å². The van der Waals surface area contributed by atoms with Crippen molar-refractivity contribution in [3.05, 3.63) is 58.9 Å². The fourth-order valence-electron chi connectivity index (χ4n) is 2.78. The first-order valence-electron chi connectivity index (χ1n) is 8.02. The van der Waals surface area contributed by atoms with E-state index in [0.29, 0.717) is 42.2 Å². The first-order chi connectivity index (χ1) is 12.8. The summed E-state index contributed by atoms with van der Waals surface area (Å²) in [4.78, 5) is 16.5. The van der Waals surface area contributed by atoms with E-state index in [-0.39, 0.29) is 18.1 Å². The number of carbonyl (C=O) groups excluding carboxylic acids is 1. The number of hydrogen-bond donors (Lipinski definition) is 1. The third-order valence-corrected chi connectivity index (χ3v) is 4.15. The Balaban J connectivity index is 1.50. The third kappa shape index (κ3) is 2.96. The first kappa shape index (κ1) is 16.1. The van der Waals surface area contributed by atoms with Crippen LogP contribution in [0.25, 0.3) is 11.3 Å². The van der Waals surface area contributed by atoms with Gasteiger partial charge in [-0.25, -0.2) is 4.98 Å². The van der Waals surface area contributed by atoms with Gasteiger partial charge in [0.25, 0.3) is 5.91 Å². The monoisotopic (exact) mass is 350 g/mol. The number of hydrogen-bond acceptors (Lipinski definition) is 7. The molecule has 0 spiro atoms. The van der Waals surface area contributed by atoms with Crippen LogP contribution in [-0.2, 0) is 24.3 Å². The second-order valence-corrected chi connectivity index (χ2v) is 5.74. The maximum Gasteiger partial charge on any atom is 0.274 e. The summed E-state index contributed by atoms with van der Waals surface area (Å²) in [5.74, 6) is 0.768. The Morgan fingerprint density at radius 2 is 2.15 bits per heavy atom. The summed E-state index contributed by atoms with van der Waals surface area (Å²) in [5, 5.41) is 15.7. The summed E-state index contributed by atoms with van der Waals surface area (Å²) in [7, 11) is 0. The number of nitrogens with zero attached hydrogens (tertiary/aromatic N) is 3. The molecule has 26 heavy (non-hydrogen) atoms. The van der Waals surface area contributed by atoms with Crippen LogP contribution in [0.5, 0.6) is 0 Å². The Morgan fingerprint density at radius 1 is 1.31 bits per heavy atom. The summed E-state index contributed by atoms with van der Waals surface area (Å²) < 4.78 is 16.1. The maximum atomic E-state index is 12.5. The summed E-state index contributed by atoms with van der Waals surface area (Å²) in [6.45, 7) is 1.26. The van der Waals surface area contributed by atoms with Gasteiger partial charge in [-0.1, -0.05) is 5.16 Å². The predicted octanol–water partition coefficient (Wildman–Crippen LogP) is 2.20. The van der Waals surface area contributed by atoms with Crippen molar-refractivity contribution in [2.24, 2.45) is 0 Å². The standard InChI is InChI=1S/C18H14N4O4/c19-7-11-1-3-12(4-2-11)17-16(21-10-25-17)18(23)20-8-14-13-9-24-6-5-15(13)26-22-14/h1-4,10H,5-6,8-9H2,(H,20,23). The van der Waals surface area contributed by atoms with Crippen LogP contribution in [0.15, 0.2) is 39.6 Å². The second kappa shape index (κ2) is 6.82. The van der Waals surface area contributed by atoms with Gasteiger partial charge in [-0.2, -0.15) is 5.26 Å². The van der Waals surface area contributed by atoms with Crippen molar-refractivity contribution in [1.82, 2.24) is 15.5 Å². The number of oxazole rings is 1. The Bertz CT molecular complexity index is 982. The number of aromatic nitrogens is 2. The minimum absolute atomic E-state index is 0.170. The van der Waals surface area contributed by atoms with Gasteiger partial charge in [0, 0.05) is 17.5 Å². The number of nitriles is 1. The van der Waals surface area contributed by atoms with Gasteiger partial charge in [-0.15, -0.1) is 0 Å². The van der Waals surface area contributed by atoms with Gasteiger partial charge in [0.15, 0.2) is 17.8 Å². The normalized spacial score (nSPS) is 13.0. The van der Waals surface area contributed by atoms with Crippen molar-refractivity contribution in [3.8, 4) is 17.4 Å². The molecule has 130 valence electrons. The van der Waals surface area contributed by atoms with Gasteiger partial charge in [0.1, 0.15) is 11.5 Å². The maximum absolute atomic E-state index is 12.5. The van der Waals surface area contributed by atoms with Gasteiger partial charge in [0.05, 0.1) is 31.4 Å². The van der Waals surface area contributed by atoms with Gasteiger partial charge >= 0.3 is 0 Å². The fourth-order valence-corrected chi connectivity index (χ4v) is 2.78. The number of nitrogens with one attached hydrogen (secondary N) is 1. The molecule has 0 radical (unpaired) electrons. The number of carbonyl (C=O) groups is 1. The van der Waals surface area contributed by atoms with E-state index in [4.69, 9.17) is 18.9 Å². The van der Waals surface area contributed by atoms with E-state index in [2.05, 4.69) is 15.5 Å². The lowest BCUT2D eigenvalue weighted by molar-refractivity contribution is 0.0942. The third-order valence-electron chi connectivity index (χ3n) is 4.15. The van der Waals surface area contributed by atoms with Crippen LogP contribution in [0.4, 0.5) is 0 Å². The molecule has 1 aliphatic heterocycles. The summed E-state index contributed by atoms with van der Waals surface area (Å²) in [5.41, 5.74) is 2.90. The molecule has 0 aliphatic carbocycles.